The fourth-order valence-corrected chi connectivity index (χ4v) is 2.09. The van der Waals surface area contributed by atoms with Gasteiger partial charge in [0.05, 0.1) is 17.5 Å². The average molecular weight is 234 g/mol. The van der Waals surface area contributed by atoms with E-state index in [4.69, 9.17) is 4.74 Å². The minimum atomic E-state index is -0.276. The maximum Gasteiger partial charge on any atom is 0.414 e. The minimum absolute atomic E-state index is 0.100. The lowest BCUT2D eigenvalue weighted by Gasteiger charge is -2.34. The number of carbonyl (C=O) groups excluding carboxylic acids is 1. The number of hydrogen-bond donors (Lipinski definition) is 0. The van der Waals surface area contributed by atoms with Gasteiger partial charge in [0.15, 0.2) is 0 Å². The Hall–Kier alpha value is -1.58. The molecule has 0 saturated carbocycles. The summed E-state index contributed by atoms with van der Waals surface area (Å²) in [7, 11) is 0. The monoisotopic (exact) mass is 234 g/mol. The maximum absolute atomic E-state index is 12.1. The van der Waals surface area contributed by atoms with Crippen LogP contribution < -0.4 is 4.90 Å². The number of aryl methyl sites for hydroxylation is 1. The van der Waals surface area contributed by atoms with Crippen molar-refractivity contribution in [3.8, 4) is 0 Å². The fourth-order valence-electron chi connectivity index (χ4n) is 2.09. The van der Waals surface area contributed by atoms with Crippen molar-refractivity contribution in [2.75, 3.05) is 4.90 Å². The van der Waals surface area contributed by atoms with Crippen LogP contribution in [0.4, 0.5) is 10.5 Å². The summed E-state index contributed by atoms with van der Waals surface area (Å²) in [5.41, 5.74) is 1.86. The van der Waals surface area contributed by atoms with Crippen LogP contribution in [0.2, 0.25) is 0 Å². The quantitative estimate of drug-likeness (QED) is 0.750. The van der Waals surface area contributed by atoms with Gasteiger partial charge in [0, 0.05) is 12.2 Å². The van der Waals surface area contributed by atoms with E-state index in [0.29, 0.717) is 0 Å². The molecule has 0 bridgehead atoms. The summed E-state index contributed by atoms with van der Waals surface area (Å²) in [6.45, 7) is 5.75. The molecule has 1 aliphatic rings. The van der Waals surface area contributed by atoms with Gasteiger partial charge in [-0.2, -0.15) is 0 Å². The van der Waals surface area contributed by atoms with Gasteiger partial charge < -0.3 is 4.74 Å². The van der Waals surface area contributed by atoms with Crippen LogP contribution in [0, 0.1) is 0 Å². The van der Waals surface area contributed by atoms with E-state index in [1.165, 1.54) is 0 Å². The van der Waals surface area contributed by atoms with E-state index < -0.39 is 0 Å². The van der Waals surface area contributed by atoms with Crippen LogP contribution >= 0.6 is 0 Å². The van der Waals surface area contributed by atoms with Gasteiger partial charge in [-0.15, -0.1) is 0 Å². The molecule has 2 heterocycles. The second-order valence-electron chi connectivity index (χ2n) is 4.66. The molecule has 1 amide bonds. The zero-order chi connectivity index (χ0) is 12.4. The first-order valence-corrected chi connectivity index (χ1v) is 6.03. The van der Waals surface area contributed by atoms with Gasteiger partial charge in [0.1, 0.15) is 0 Å². The summed E-state index contributed by atoms with van der Waals surface area (Å²) in [5, 5.41) is 0. The molecular formula is C13H18N2O2. The van der Waals surface area contributed by atoms with Gasteiger partial charge >= 0.3 is 6.09 Å². The third-order valence-electron chi connectivity index (χ3n) is 2.90. The van der Waals surface area contributed by atoms with Crippen molar-refractivity contribution in [1.82, 2.24) is 4.98 Å². The molecule has 1 aromatic rings. The van der Waals surface area contributed by atoms with Crippen molar-refractivity contribution >= 4 is 11.8 Å². The molecule has 1 aliphatic heterocycles. The summed E-state index contributed by atoms with van der Waals surface area (Å²) in [6.07, 6.45) is 3.24. The van der Waals surface area contributed by atoms with Crippen LogP contribution in [0.25, 0.3) is 0 Å². The van der Waals surface area contributed by atoms with E-state index in [0.717, 1.165) is 24.2 Å². The number of aromatic nitrogens is 1. The molecule has 17 heavy (non-hydrogen) atoms. The zero-order valence-electron chi connectivity index (χ0n) is 10.5. The number of amides is 1. The second kappa shape index (κ2) is 4.73. The number of nitrogens with zero attached hydrogens (tertiary/aromatic N) is 2. The lowest BCUT2D eigenvalue weighted by molar-refractivity contribution is 0.120. The van der Waals surface area contributed by atoms with Gasteiger partial charge in [-0.05, 0) is 45.7 Å². The molecule has 0 aliphatic carbocycles. The molecule has 1 aromatic heterocycles. The molecule has 2 rings (SSSR count). The van der Waals surface area contributed by atoms with Crippen LogP contribution in [-0.2, 0) is 11.2 Å². The number of ether oxygens (including phenoxy) is 1. The first-order chi connectivity index (χ1) is 8.09. The first kappa shape index (κ1) is 11.9. The van der Waals surface area contributed by atoms with Gasteiger partial charge in [-0.25, -0.2) is 4.79 Å². The predicted molar refractivity (Wildman–Crippen MR) is 66.1 cm³/mol. The Labute approximate surface area is 102 Å². The Morgan fingerprint density at radius 1 is 1.59 bits per heavy atom. The lowest BCUT2D eigenvalue weighted by Crippen LogP contribution is -2.43. The number of hydrogen-bond acceptors (Lipinski definition) is 3. The number of pyridine rings is 1. The topological polar surface area (TPSA) is 42.4 Å². The number of rotatable bonds is 1. The first-order valence-electron chi connectivity index (χ1n) is 6.03. The summed E-state index contributed by atoms with van der Waals surface area (Å²) in [4.78, 5) is 18.1. The molecule has 0 N–H and O–H groups in total. The van der Waals surface area contributed by atoms with Crippen LogP contribution in [0.15, 0.2) is 18.3 Å². The maximum atomic E-state index is 12.1. The molecule has 92 valence electrons. The Balaban J connectivity index is 2.29. The zero-order valence-corrected chi connectivity index (χ0v) is 10.5. The van der Waals surface area contributed by atoms with Gasteiger partial charge in [0.2, 0.25) is 0 Å². The summed E-state index contributed by atoms with van der Waals surface area (Å²) < 4.78 is 5.28. The van der Waals surface area contributed by atoms with E-state index in [9.17, 15) is 4.79 Å². The van der Waals surface area contributed by atoms with Crippen LogP contribution in [0.3, 0.4) is 0 Å². The molecule has 1 atom stereocenters. The Kier molecular flexibility index (Phi) is 3.31. The van der Waals surface area contributed by atoms with Crippen LogP contribution in [0.1, 0.15) is 32.9 Å². The molecule has 0 aromatic carbocycles. The highest BCUT2D eigenvalue weighted by Gasteiger charge is 2.30. The molecule has 4 nitrogen and oxygen atoms in total. The van der Waals surface area contributed by atoms with Crippen LogP contribution in [0.5, 0.6) is 0 Å². The van der Waals surface area contributed by atoms with Crippen molar-refractivity contribution in [3.05, 3.63) is 24.0 Å². The van der Waals surface area contributed by atoms with E-state index in [1.54, 1.807) is 11.1 Å². The SMILES string of the molecule is CC(C)OC(=O)N1c2cccnc2CCC1C. The highest BCUT2D eigenvalue weighted by molar-refractivity contribution is 5.89. The Morgan fingerprint density at radius 2 is 2.35 bits per heavy atom. The van der Waals surface area contributed by atoms with Crippen molar-refractivity contribution in [2.24, 2.45) is 0 Å². The summed E-state index contributed by atoms with van der Waals surface area (Å²) >= 11 is 0. The largest absolute Gasteiger partial charge is 0.446 e. The van der Waals surface area contributed by atoms with E-state index in [2.05, 4.69) is 4.98 Å². The predicted octanol–water partition coefficient (Wildman–Crippen LogP) is 2.77. The second-order valence-corrected chi connectivity index (χ2v) is 4.66. The van der Waals surface area contributed by atoms with Crippen LogP contribution in [-0.4, -0.2) is 23.2 Å². The molecule has 0 radical (unpaired) electrons. The molecule has 0 fully saturated rings. The normalized spacial score (nSPS) is 19.1. The van der Waals surface area contributed by atoms with E-state index >= 15 is 0 Å². The minimum Gasteiger partial charge on any atom is -0.446 e. The molecule has 0 spiro atoms. The third-order valence-corrected chi connectivity index (χ3v) is 2.90. The average Bonchev–Trinajstić information content (AvgIpc) is 2.27. The number of fused-ring (bicyclic) bond motifs is 1. The van der Waals surface area contributed by atoms with Crippen molar-refractivity contribution < 1.29 is 9.53 Å². The highest BCUT2D eigenvalue weighted by atomic mass is 16.6. The highest BCUT2D eigenvalue weighted by Crippen LogP contribution is 2.29. The van der Waals surface area contributed by atoms with Crippen molar-refractivity contribution in [1.29, 1.82) is 0 Å². The number of carbonyl (C=O) groups is 1. The standard InChI is InChI=1S/C13H18N2O2/c1-9(2)17-13(16)15-10(3)6-7-11-12(15)5-4-8-14-11/h4-5,8-10H,6-7H2,1-3H3. The van der Waals surface area contributed by atoms with Crippen molar-refractivity contribution in [3.63, 3.8) is 0 Å². The molecule has 4 heteroatoms. The van der Waals surface area contributed by atoms with Gasteiger partial charge in [-0.1, -0.05) is 0 Å². The lowest BCUT2D eigenvalue weighted by atomic mass is 10.0. The Bertz CT molecular complexity index is 418. The summed E-state index contributed by atoms with van der Waals surface area (Å²) in [5.74, 6) is 0. The fraction of sp³-hybridized carbons (Fsp3) is 0.538. The molecule has 0 saturated heterocycles. The summed E-state index contributed by atoms with van der Waals surface area (Å²) in [6, 6.07) is 3.95. The third kappa shape index (κ3) is 2.40. The van der Waals surface area contributed by atoms with E-state index in [1.807, 2.05) is 32.9 Å². The molecule has 1 unspecified atom stereocenters. The van der Waals surface area contributed by atoms with Gasteiger partial charge in [-0.3, -0.25) is 9.88 Å². The molecular weight excluding hydrogens is 216 g/mol. The number of anilines is 1. The van der Waals surface area contributed by atoms with Crippen molar-refractivity contribution in [2.45, 2.75) is 45.8 Å². The Morgan fingerprint density at radius 3 is 3.06 bits per heavy atom. The van der Waals surface area contributed by atoms with E-state index in [-0.39, 0.29) is 18.2 Å². The smallest absolute Gasteiger partial charge is 0.414 e. The van der Waals surface area contributed by atoms with Gasteiger partial charge in [0.25, 0.3) is 0 Å².